The van der Waals surface area contributed by atoms with Crippen LogP contribution in [0.25, 0.3) is 0 Å². The van der Waals surface area contributed by atoms with Crippen LogP contribution in [0.3, 0.4) is 0 Å². The van der Waals surface area contributed by atoms with E-state index in [1.54, 1.807) is 0 Å². The third-order valence-corrected chi connectivity index (χ3v) is 3.88. The fourth-order valence-corrected chi connectivity index (χ4v) is 2.46. The van der Waals surface area contributed by atoms with Gasteiger partial charge in [-0.25, -0.2) is 0 Å². The standard InChI is InChI=1S/C16H26BrN/c1-3-5-6-7-8-13-18-16(4-2)14-9-11-15(17)12-10-14/h9-12,16,18H,3-8,13H2,1-2H3. The first-order valence-electron chi connectivity index (χ1n) is 7.26. The van der Waals surface area contributed by atoms with E-state index in [0.717, 1.165) is 17.4 Å². The van der Waals surface area contributed by atoms with Gasteiger partial charge < -0.3 is 5.32 Å². The van der Waals surface area contributed by atoms with Crippen LogP contribution in [0.2, 0.25) is 0 Å². The molecule has 1 atom stereocenters. The van der Waals surface area contributed by atoms with Crippen molar-refractivity contribution < 1.29 is 0 Å². The van der Waals surface area contributed by atoms with E-state index in [9.17, 15) is 0 Å². The Balaban J connectivity index is 2.27. The average Bonchev–Trinajstić information content (AvgIpc) is 2.39. The van der Waals surface area contributed by atoms with E-state index in [2.05, 4.69) is 59.4 Å². The Bertz CT molecular complexity index is 307. The third kappa shape index (κ3) is 6.01. The predicted molar refractivity (Wildman–Crippen MR) is 83.9 cm³/mol. The van der Waals surface area contributed by atoms with Crippen molar-refractivity contribution in [3.05, 3.63) is 34.3 Å². The molecular formula is C16H26BrN. The Kier molecular flexibility index (Phi) is 8.36. The van der Waals surface area contributed by atoms with Crippen LogP contribution in [0.4, 0.5) is 0 Å². The van der Waals surface area contributed by atoms with E-state index in [-0.39, 0.29) is 0 Å². The number of hydrogen-bond donors (Lipinski definition) is 1. The number of halogens is 1. The molecule has 1 aromatic rings. The molecule has 0 saturated carbocycles. The first kappa shape index (κ1) is 15.7. The Hall–Kier alpha value is -0.340. The lowest BCUT2D eigenvalue weighted by molar-refractivity contribution is 0.495. The predicted octanol–water partition coefficient (Wildman–Crippen LogP) is 5.46. The summed E-state index contributed by atoms with van der Waals surface area (Å²) < 4.78 is 1.15. The second kappa shape index (κ2) is 9.57. The van der Waals surface area contributed by atoms with Crippen LogP contribution in [0.1, 0.15) is 64.0 Å². The quantitative estimate of drug-likeness (QED) is 0.597. The van der Waals surface area contributed by atoms with Gasteiger partial charge in [-0.2, -0.15) is 0 Å². The summed E-state index contributed by atoms with van der Waals surface area (Å²) in [6, 6.07) is 9.18. The zero-order valence-corrected chi connectivity index (χ0v) is 13.3. The van der Waals surface area contributed by atoms with Crippen molar-refractivity contribution in [2.45, 2.75) is 58.4 Å². The number of benzene rings is 1. The smallest absolute Gasteiger partial charge is 0.0317 e. The summed E-state index contributed by atoms with van der Waals surface area (Å²) in [4.78, 5) is 0. The highest BCUT2D eigenvalue weighted by Crippen LogP contribution is 2.19. The minimum atomic E-state index is 0.504. The minimum Gasteiger partial charge on any atom is -0.310 e. The Morgan fingerprint density at radius 2 is 1.67 bits per heavy atom. The Morgan fingerprint density at radius 1 is 1.00 bits per heavy atom. The number of unbranched alkanes of at least 4 members (excludes halogenated alkanes) is 4. The monoisotopic (exact) mass is 311 g/mol. The molecule has 1 rings (SSSR count). The summed E-state index contributed by atoms with van der Waals surface area (Å²) >= 11 is 3.48. The summed E-state index contributed by atoms with van der Waals surface area (Å²) in [6.07, 6.45) is 7.89. The topological polar surface area (TPSA) is 12.0 Å². The fourth-order valence-electron chi connectivity index (χ4n) is 2.20. The summed E-state index contributed by atoms with van der Waals surface area (Å²) in [5.74, 6) is 0. The van der Waals surface area contributed by atoms with Gasteiger partial charge in [-0.15, -0.1) is 0 Å². The van der Waals surface area contributed by atoms with E-state index in [1.165, 1.54) is 37.7 Å². The lowest BCUT2D eigenvalue weighted by Gasteiger charge is -2.17. The molecule has 1 N–H and O–H groups in total. The van der Waals surface area contributed by atoms with Gasteiger partial charge in [-0.05, 0) is 37.1 Å². The van der Waals surface area contributed by atoms with Gasteiger partial charge in [0.2, 0.25) is 0 Å². The van der Waals surface area contributed by atoms with Crippen molar-refractivity contribution in [3.8, 4) is 0 Å². The van der Waals surface area contributed by atoms with E-state index in [4.69, 9.17) is 0 Å². The highest BCUT2D eigenvalue weighted by Gasteiger charge is 2.07. The van der Waals surface area contributed by atoms with Gasteiger partial charge in [0.15, 0.2) is 0 Å². The van der Waals surface area contributed by atoms with Gasteiger partial charge in [0, 0.05) is 10.5 Å². The molecule has 0 aromatic heterocycles. The van der Waals surface area contributed by atoms with Crippen LogP contribution in [0.15, 0.2) is 28.7 Å². The minimum absolute atomic E-state index is 0.504. The molecular weight excluding hydrogens is 286 g/mol. The molecule has 102 valence electrons. The van der Waals surface area contributed by atoms with Gasteiger partial charge in [0.25, 0.3) is 0 Å². The zero-order valence-electron chi connectivity index (χ0n) is 11.7. The molecule has 0 spiro atoms. The molecule has 18 heavy (non-hydrogen) atoms. The van der Waals surface area contributed by atoms with E-state index < -0.39 is 0 Å². The van der Waals surface area contributed by atoms with Crippen LogP contribution < -0.4 is 5.32 Å². The molecule has 2 heteroatoms. The summed E-state index contributed by atoms with van der Waals surface area (Å²) in [6.45, 7) is 5.65. The second-order valence-electron chi connectivity index (χ2n) is 4.88. The molecule has 0 amide bonds. The molecule has 0 fully saturated rings. The molecule has 0 aliphatic rings. The first-order chi connectivity index (χ1) is 8.77. The largest absolute Gasteiger partial charge is 0.310 e. The average molecular weight is 312 g/mol. The van der Waals surface area contributed by atoms with Crippen LogP contribution in [0.5, 0.6) is 0 Å². The van der Waals surface area contributed by atoms with Crippen LogP contribution in [0, 0.1) is 0 Å². The van der Waals surface area contributed by atoms with Gasteiger partial charge in [0.1, 0.15) is 0 Å². The molecule has 0 aliphatic heterocycles. The zero-order chi connectivity index (χ0) is 13.2. The van der Waals surface area contributed by atoms with Gasteiger partial charge >= 0.3 is 0 Å². The van der Waals surface area contributed by atoms with Crippen molar-refractivity contribution in [2.24, 2.45) is 0 Å². The van der Waals surface area contributed by atoms with E-state index in [0.29, 0.717) is 6.04 Å². The normalized spacial score (nSPS) is 12.6. The van der Waals surface area contributed by atoms with Crippen molar-refractivity contribution >= 4 is 15.9 Å². The molecule has 0 saturated heterocycles. The van der Waals surface area contributed by atoms with Crippen molar-refractivity contribution in [3.63, 3.8) is 0 Å². The van der Waals surface area contributed by atoms with E-state index in [1.807, 2.05) is 0 Å². The highest BCUT2D eigenvalue weighted by molar-refractivity contribution is 9.10. The molecule has 1 aromatic carbocycles. The number of nitrogens with one attached hydrogen (secondary N) is 1. The number of rotatable bonds is 9. The van der Waals surface area contributed by atoms with Crippen LogP contribution >= 0.6 is 15.9 Å². The number of hydrogen-bond acceptors (Lipinski definition) is 1. The van der Waals surface area contributed by atoms with Crippen molar-refractivity contribution in [1.29, 1.82) is 0 Å². The molecule has 0 aliphatic carbocycles. The Labute approximate surface area is 120 Å². The summed E-state index contributed by atoms with van der Waals surface area (Å²) in [7, 11) is 0. The lowest BCUT2D eigenvalue weighted by Crippen LogP contribution is -2.21. The van der Waals surface area contributed by atoms with Gasteiger partial charge in [0.05, 0.1) is 0 Å². The van der Waals surface area contributed by atoms with Crippen molar-refractivity contribution in [1.82, 2.24) is 5.32 Å². The van der Waals surface area contributed by atoms with E-state index >= 15 is 0 Å². The van der Waals surface area contributed by atoms with Gasteiger partial charge in [-0.3, -0.25) is 0 Å². The highest BCUT2D eigenvalue weighted by atomic mass is 79.9. The van der Waals surface area contributed by atoms with Crippen molar-refractivity contribution in [2.75, 3.05) is 6.54 Å². The first-order valence-corrected chi connectivity index (χ1v) is 8.06. The lowest BCUT2D eigenvalue weighted by atomic mass is 10.0. The Morgan fingerprint density at radius 3 is 2.28 bits per heavy atom. The second-order valence-corrected chi connectivity index (χ2v) is 5.80. The maximum Gasteiger partial charge on any atom is 0.0317 e. The maximum atomic E-state index is 3.67. The van der Waals surface area contributed by atoms with Gasteiger partial charge in [-0.1, -0.05) is 67.6 Å². The van der Waals surface area contributed by atoms with Crippen LogP contribution in [-0.4, -0.2) is 6.54 Å². The maximum absolute atomic E-state index is 3.67. The molecule has 1 nitrogen and oxygen atoms in total. The molecule has 1 unspecified atom stereocenters. The van der Waals surface area contributed by atoms with Crippen LogP contribution in [-0.2, 0) is 0 Å². The summed E-state index contributed by atoms with van der Waals surface area (Å²) in [5, 5.41) is 3.67. The third-order valence-electron chi connectivity index (χ3n) is 3.35. The molecule has 0 radical (unpaired) electrons. The molecule has 0 bridgehead atoms. The summed E-state index contributed by atoms with van der Waals surface area (Å²) in [5.41, 5.74) is 1.40. The SMILES string of the molecule is CCCCCCCNC(CC)c1ccc(Br)cc1. The fraction of sp³-hybridized carbons (Fsp3) is 0.625. The molecule has 0 heterocycles.